The summed E-state index contributed by atoms with van der Waals surface area (Å²) < 4.78 is 0. The van der Waals surface area contributed by atoms with Crippen molar-refractivity contribution in [1.82, 2.24) is 10.6 Å². The van der Waals surface area contributed by atoms with Crippen LogP contribution in [0, 0.1) is 5.92 Å². The Bertz CT molecular complexity index is 278. The Morgan fingerprint density at radius 3 is 2.53 bits per heavy atom. The Labute approximate surface area is 106 Å². The van der Waals surface area contributed by atoms with Gasteiger partial charge >= 0.3 is 5.97 Å². The maximum absolute atomic E-state index is 11.4. The zero-order valence-corrected chi connectivity index (χ0v) is 10.7. The summed E-state index contributed by atoms with van der Waals surface area (Å²) >= 11 is 5.60. The van der Waals surface area contributed by atoms with Crippen LogP contribution in [0.2, 0.25) is 0 Å². The van der Waals surface area contributed by atoms with Crippen molar-refractivity contribution in [2.45, 2.75) is 37.6 Å². The van der Waals surface area contributed by atoms with E-state index in [4.69, 9.17) is 16.7 Å². The van der Waals surface area contributed by atoms with E-state index >= 15 is 0 Å². The predicted octanol–water partition coefficient (Wildman–Crippen LogP) is 0.573. The highest BCUT2D eigenvalue weighted by Gasteiger charge is 2.26. The molecule has 1 fully saturated rings. The second-order valence-electron chi connectivity index (χ2n) is 4.44. The highest BCUT2D eigenvalue weighted by Crippen LogP contribution is 2.18. The summed E-state index contributed by atoms with van der Waals surface area (Å²) in [6.07, 6.45) is 2.39. The van der Waals surface area contributed by atoms with Crippen LogP contribution in [0.3, 0.4) is 0 Å². The van der Waals surface area contributed by atoms with E-state index in [1.165, 1.54) is 6.92 Å². The number of amides is 1. The third kappa shape index (κ3) is 4.91. The molecule has 1 amide bonds. The van der Waals surface area contributed by atoms with Gasteiger partial charge in [0.15, 0.2) is 0 Å². The average molecular weight is 263 g/mol. The summed E-state index contributed by atoms with van der Waals surface area (Å²) in [5, 5.41) is 14.0. The Morgan fingerprint density at radius 2 is 2.06 bits per heavy atom. The first-order chi connectivity index (χ1) is 8.00. The molecule has 17 heavy (non-hydrogen) atoms. The fraction of sp³-hybridized carbons (Fsp3) is 0.818. The molecule has 0 aromatic rings. The van der Waals surface area contributed by atoms with E-state index in [-0.39, 0.29) is 0 Å². The third-order valence-electron chi connectivity index (χ3n) is 3.00. The molecule has 0 aromatic heterocycles. The fourth-order valence-corrected chi connectivity index (χ4v) is 2.02. The number of hydrogen-bond donors (Lipinski definition) is 3. The zero-order valence-electron chi connectivity index (χ0n) is 9.91. The molecule has 6 heteroatoms. The lowest BCUT2D eigenvalue weighted by Gasteiger charge is -2.25. The largest absolute Gasteiger partial charge is 0.480 e. The summed E-state index contributed by atoms with van der Waals surface area (Å²) in [5.74, 6) is -1.06. The van der Waals surface area contributed by atoms with Gasteiger partial charge in [-0.2, -0.15) is 0 Å². The van der Waals surface area contributed by atoms with Crippen LogP contribution in [0.15, 0.2) is 0 Å². The van der Waals surface area contributed by atoms with Gasteiger partial charge in [-0.15, -0.1) is 11.6 Å². The van der Waals surface area contributed by atoms with E-state index in [1.54, 1.807) is 0 Å². The molecular formula is C11H19ClN2O3. The standard InChI is InChI=1S/C11H19ClN2O3/c1-7(12)10(15)14-9(11(16)17)6-8-2-4-13-5-3-8/h7-9,13H,2-6H2,1H3,(H,14,15)(H,16,17). The molecule has 0 radical (unpaired) electrons. The molecule has 1 rings (SSSR count). The minimum Gasteiger partial charge on any atom is -0.480 e. The number of piperidine rings is 1. The van der Waals surface area contributed by atoms with E-state index in [1.807, 2.05) is 0 Å². The van der Waals surface area contributed by atoms with Gasteiger partial charge in [0.25, 0.3) is 0 Å². The van der Waals surface area contributed by atoms with E-state index in [0.29, 0.717) is 12.3 Å². The van der Waals surface area contributed by atoms with Crippen LogP contribution in [-0.4, -0.2) is 41.5 Å². The number of carbonyl (C=O) groups excluding carboxylic acids is 1. The van der Waals surface area contributed by atoms with Crippen molar-refractivity contribution in [3.63, 3.8) is 0 Å². The minimum absolute atomic E-state index is 0.350. The molecule has 1 heterocycles. The monoisotopic (exact) mass is 262 g/mol. The lowest BCUT2D eigenvalue weighted by molar-refractivity contribution is -0.142. The van der Waals surface area contributed by atoms with Crippen LogP contribution >= 0.6 is 11.6 Å². The molecule has 0 bridgehead atoms. The quantitative estimate of drug-likeness (QED) is 0.633. The molecule has 3 N–H and O–H groups in total. The van der Waals surface area contributed by atoms with Gasteiger partial charge in [-0.25, -0.2) is 4.79 Å². The van der Waals surface area contributed by atoms with Crippen molar-refractivity contribution in [1.29, 1.82) is 0 Å². The van der Waals surface area contributed by atoms with Gasteiger partial charge in [-0.05, 0) is 45.2 Å². The number of carbonyl (C=O) groups is 2. The minimum atomic E-state index is -0.991. The van der Waals surface area contributed by atoms with Crippen LogP contribution in [0.4, 0.5) is 0 Å². The zero-order chi connectivity index (χ0) is 12.8. The summed E-state index contributed by atoms with van der Waals surface area (Å²) in [6.45, 7) is 3.36. The van der Waals surface area contributed by atoms with Crippen molar-refractivity contribution in [3.05, 3.63) is 0 Å². The van der Waals surface area contributed by atoms with Gasteiger partial charge in [0.05, 0.1) is 0 Å². The SMILES string of the molecule is CC(Cl)C(=O)NC(CC1CCNCC1)C(=O)O. The summed E-state index contributed by atoms with van der Waals surface area (Å²) in [7, 11) is 0. The number of hydrogen-bond acceptors (Lipinski definition) is 3. The average Bonchev–Trinajstić information content (AvgIpc) is 2.29. The van der Waals surface area contributed by atoms with Crippen molar-refractivity contribution in [3.8, 4) is 0 Å². The predicted molar refractivity (Wildman–Crippen MR) is 65.1 cm³/mol. The lowest BCUT2D eigenvalue weighted by atomic mass is 9.91. The molecule has 0 saturated carbocycles. The normalized spacial score (nSPS) is 20.6. The fourth-order valence-electron chi connectivity index (χ4n) is 1.96. The summed E-state index contributed by atoms with van der Waals surface area (Å²) in [4.78, 5) is 22.4. The maximum Gasteiger partial charge on any atom is 0.326 e. The maximum atomic E-state index is 11.4. The molecule has 0 aliphatic carbocycles. The van der Waals surface area contributed by atoms with Gasteiger partial charge in [-0.3, -0.25) is 4.79 Å². The van der Waals surface area contributed by atoms with Crippen molar-refractivity contribution < 1.29 is 14.7 Å². The summed E-state index contributed by atoms with van der Waals surface area (Å²) in [5.41, 5.74) is 0. The van der Waals surface area contributed by atoms with Gasteiger partial charge in [0.2, 0.25) is 5.91 Å². The van der Waals surface area contributed by atoms with E-state index in [2.05, 4.69) is 10.6 Å². The lowest BCUT2D eigenvalue weighted by Crippen LogP contribution is -2.45. The van der Waals surface area contributed by atoms with Crippen LogP contribution < -0.4 is 10.6 Å². The molecule has 1 aliphatic rings. The van der Waals surface area contributed by atoms with E-state index in [0.717, 1.165) is 25.9 Å². The number of nitrogens with one attached hydrogen (secondary N) is 2. The first kappa shape index (κ1) is 14.3. The molecule has 98 valence electrons. The topological polar surface area (TPSA) is 78.4 Å². The van der Waals surface area contributed by atoms with Gasteiger partial charge in [0.1, 0.15) is 11.4 Å². The Kier molecular flexibility index (Phi) is 5.71. The highest BCUT2D eigenvalue weighted by atomic mass is 35.5. The van der Waals surface area contributed by atoms with Crippen LogP contribution in [0.25, 0.3) is 0 Å². The second kappa shape index (κ2) is 6.81. The molecule has 2 atom stereocenters. The smallest absolute Gasteiger partial charge is 0.326 e. The first-order valence-corrected chi connectivity index (χ1v) is 6.32. The molecule has 0 aromatic carbocycles. The Hall–Kier alpha value is -0.810. The Balaban J connectivity index is 2.47. The second-order valence-corrected chi connectivity index (χ2v) is 5.10. The molecule has 1 saturated heterocycles. The molecule has 0 spiro atoms. The molecule has 2 unspecified atom stereocenters. The van der Waals surface area contributed by atoms with E-state index in [9.17, 15) is 9.59 Å². The van der Waals surface area contributed by atoms with Crippen LogP contribution in [0.5, 0.6) is 0 Å². The van der Waals surface area contributed by atoms with Crippen molar-refractivity contribution in [2.24, 2.45) is 5.92 Å². The molecular weight excluding hydrogens is 244 g/mol. The summed E-state index contributed by atoms with van der Waals surface area (Å²) in [6, 6.07) is -0.827. The first-order valence-electron chi connectivity index (χ1n) is 5.88. The number of carboxylic acids is 1. The third-order valence-corrected chi connectivity index (χ3v) is 3.20. The number of halogens is 1. The number of alkyl halides is 1. The van der Waals surface area contributed by atoms with Crippen molar-refractivity contribution >= 4 is 23.5 Å². The number of carboxylic acid groups (broad SMARTS) is 1. The van der Waals surface area contributed by atoms with Gasteiger partial charge < -0.3 is 15.7 Å². The van der Waals surface area contributed by atoms with Crippen molar-refractivity contribution in [2.75, 3.05) is 13.1 Å². The Morgan fingerprint density at radius 1 is 1.47 bits per heavy atom. The number of aliphatic carboxylic acids is 1. The van der Waals surface area contributed by atoms with Crippen LogP contribution in [-0.2, 0) is 9.59 Å². The molecule has 5 nitrogen and oxygen atoms in total. The van der Waals surface area contributed by atoms with Gasteiger partial charge in [-0.1, -0.05) is 0 Å². The molecule has 1 aliphatic heterocycles. The number of rotatable bonds is 5. The van der Waals surface area contributed by atoms with Crippen LogP contribution in [0.1, 0.15) is 26.2 Å². The van der Waals surface area contributed by atoms with E-state index < -0.39 is 23.3 Å². The van der Waals surface area contributed by atoms with Gasteiger partial charge in [0, 0.05) is 0 Å². The highest BCUT2D eigenvalue weighted by molar-refractivity contribution is 6.30.